The van der Waals surface area contributed by atoms with Gasteiger partial charge < -0.3 is 45.4 Å². The third-order valence-electron chi connectivity index (χ3n) is 7.84. The second kappa shape index (κ2) is 30.5. The first-order valence-corrected chi connectivity index (χ1v) is 24.5. The van der Waals surface area contributed by atoms with Crippen molar-refractivity contribution in [1.29, 1.82) is 5.26 Å². The number of nitrogens with two attached hydrogens (primary N) is 1. The molecule has 0 aromatic heterocycles. The quantitative estimate of drug-likeness (QED) is 0.0810. The summed E-state index contributed by atoms with van der Waals surface area (Å²) in [7, 11) is 0. The number of carbonyl (C=O) groups is 2. The van der Waals surface area contributed by atoms with Gasteiger partial charge in [-0.2, -0.15) is 57.9 Å². The van der Waals surface area contributed by atoms with Crippen molar-refractivity contribution < 1.29 is 86.0 Å². The van der Waals surface area contributed by atoms with Crippen LogP contribution in [0.5, 0.6) is 23.0 Å². The summed E-state index contributed by atoms with van der Waals surface area (Å²) in [4.78, 5) is 24.1. The van der Waals surface area contributed by atoms with Gasteiger partial charge in [0.1, 0.15) is 34.6 Å². The van der Waals surface area contributed by atoms with Gasteiger partial charge in [-0.25, -0.2) is 4.79 Å². The van der Waals surface area contributed by atoms with Gasteiger partial charge in [-0.1, -0.05) is 12.8 Å². The Kier molecular flexibility index (Phi) is 29.2. The van der Waals surface area contributed by atoms with E-state index in [0.29, 0.717) is 6.04 Å². The van der Waals surface area contributed by atoms with Crippen molar-refractivity contribution in [3.8, 4) is 29.1 Å². The topological polar surface area (TPSA) is 166 Å². The Morgan fingerprint density at radius 2 is 1.10 bits per heavy atom. The minimum absolute atomic E-state index is 0. The van der Waals surface area contributed by atoms with E-state index in [9.17, 15) is 62.3 Å². The molecule has 2 fully saturated rings. The number of hydrogen-bond acceptors (Lipinski definition) is 11. The van der Waals surface area contributed by atoms with Crippen LogP contribution in [0.4, 0.5) is 52.7 Å². The van der Waals surface area contributed by atoms with Crippen LogP contribution in [-0.4, -0.2) is 108 Å². The number of piperidine rings is 2. The lowest BCUT2D eigenvalue weighted by Crippen LogP contribution is -2.43. The number of halogens is 15. The van der Waals surface area contributed by atoms with Crippen molar-refractivity contribution in [1.82, 2.24) is 16.0 Å². The Morgan fingerprint density at radius 3 is 1.48 bits per heavy atom. The fourth-order valence-electron chi connectivity index (χ4n) is 5.15. The summed E-state index contributed by atoms with van der Waals surface area (Å²) in [5.74, 6) is -3.72. The molecule has 1 amide bonds. The summed E-state index contributed by atoms with van der Waals surface area (Å²) >= 11 is 4.24. The van der Waals surface area contributed by atoms with Crippen LogP contribution in [0.3, 0.4) is 0 Å². The van der Waals surface area contributed by atoms with Crippen molar-refractivity contribution in [3.63, 3.8) is 0 Å². The summed E-state index contributed by atoms with van der Waals surface area (Å²) in [5.41, 5.74) is 4.50. The molecule has 360 valence electrons. The summed E-state index contributed by atoms with van der Waals surface area (Å²) in [6.45, 7) is -4.33. The van der Waals surface area contributed by atoms with Crippen molar-refractivity contribution >= 4 is 73.1 Å². The molecule has 0 spiro atoms. The summed E-state index contributed by atoms with van der Waals surface area (Å²) in [5, 5.41) is 17.4. The monoisotopic (exact) mass is 1270 g/mol. The summed E-state index contributed by atoms with van der Waals surface area (Å²) < 4.78 is 169. The highest BCUT2D eigenvalue weighted by Crippen LogP contribution is 2.30. The molecule has 0 saturated carbocycles. The van der Waals surface area contributed by atoms with Gasteiger partial charge in [0.2, 0.25) is 0 Å². The number of esters is 1. The lowest BCUT2D eigenvalue weighted by Gasteiger charge is -2.24. The van der Waals surface area contributed by atoms with Gasteiger partial charge in [-0.05, 0) is 75.2 Å². The molecule has 12 nitrogen and oxygen atoms in total. The SMILES string of the molecule is I.II.N#CCOC(=O)c1cc(OCC(F)(F)F)ccc1OCC(F)(F)F.NCC1CCCCN1.O=C(NCC1CCCCN1)c1cc(OCC(F)(F)F)ccc1OCC(F)(F)F. The predicted octanol–water partition coefficient (Wildman–Crippen LogP) is 9.17. The maximum atomic E-state index is 12.4. The van der Waals surface area contributed by atoms with Crippen LogP contribution < -0.4 is 40.6 Å². The molecule has 2 heterocycles. The van der Waals surface area contributed by atoms with Gasteiger partial charge in [0.25, 0.3) is 5.91 Å². The zero-order chi connectivity index (χ0) is 47.0. The molecule has 2 atom stereocenters. The fourth-order valence-corrected chi connectivity index (χ4v) is 5.15. The lowest BCUT2D eigenvalue weighted by molar-refractivity contribution is -0.154. The van der Waals surface area contributed by atoms with Gasteiger partial charge >= 0.3 is 30.7 Å². The van der Waals surface area contributed by atoms with E-state index in [-0.39, 0.29) is 47.9 Å². The number of nitrogens with zero attached hydrogens (tertiary/aromatic N) is 1. The molecule has 2 aromatic carbocycles. The average molecular weight is 1270 g/mol. The van der Waals surface area contributed by atoms with E-state index in [1.165, 1.54) is 31.9 Å². The van der Waals surface area contributed by atoms with E-state index in [4.69, 9.17) is 11.0 Å². The third kappa shape index (κ3) is 28.7. The maximum absolute atomic E-state index is 12.4. The first kappa shape index (κ1) is 60.3. The third-order valence-corrected chi connectivity index (χ3v) is 7.84. The number of rotatable bonds is 14. The van der Waals surface area contributed by atoms with Crippen molar-refractivity contribution in [2.24, 2.45) is 5.73 Å². The highest BCUT2D eigenvalue weighted by Gasteiger charge is 2.32. The van der Waals surface area contributed by atoms with Crippen LogP contribution >= 0.6 is 61.2 Å². The highest BCUT2D eigenvalue weighted by atomic mass is 128. The standard InChI is InChI=1S/C17H20F6N2O3.C13H9F6NO4.C6H14N2.I2.HI/c18-16(19,20)9-27-12-4-5-14(28-10-17(21,22)23)13(7-12)15(26)25-8-11-3-1-2-6-24-11;14-12(15,16)6-23-8-1-2-10(24-7-13(17,18)19)9(5-8)11(21)22-4-3-20;7-5-6-3-1-2-4-8-6;1-2;/h4-5,7,11,24H,1-3,6,8-10H2,(H,25,26);1-2,5H,4,6-7H2;6,8H,1-5,7H2;;1H. The number of amides is 1. The van der Waals surface area contributed by atoms with Crippen molar-refractivity contribution in [2.75, 3.05) is 59.2 Å². The van der Waals surface area contributed by atoms with Crippen molar-refractivity contribution in [3.05, 3.63) is 47.5 Å². The van der Waals surface area contributed by atoms with E-state index in [1.807, 2.05) is 0 Å². The first-order chi connectivity index (χ1) is 29.0. The van der Waals surface area contributed by atoms with E-state index in [2.05, 4.69) is 76.9 Å². The molecule has 2 saturated heterocycles. The fraction of sp³-hybridized carbons (Fsp3) is 0.583. The van der Waals surface area contributed by atoms with E-state index >= 15 is 0 Å². The molecule has 0 bridgehead atoms. The zero-order valence-corrected chi connectivity index (χ0v) is 39.5. The van der Waals surface area contributed by atoms with Gasteiger partial charge in [0.05, 0.1) is 5.56 Å². The highest BCUT2D eigenvalue weighted by molar-refractivity contribution is 15.0. The second-order valence-corrected chi connectivity index (χ2v) is 12.9. The molecule has 2 aromatic rings. The molecule has 27 heteroatoms. The van der Waals surface area contributed by atoms with Gasteiger partial charge in [-0.15, -0.1) is 24.0 Å². The molecule has 0 aliphatic carbocycles. The number of nitriles is 1. The van der Waals surface area contributed by atoms with E-state index < -0.39 is 92.4 Å². The molecule has 0 radical (unpaired) electrons. The van der Waals surface area contributed by atoms with Crippen LogP contribution in [0.2, 0.25) is 0 Å². The molecular weight excluding hydrogens is 1220 g/mol. The second-order valence-electron chi connectivity index (χ2n) is 12.9. The Labute approximate surface area is 394 Å². The lowest BCUT2D eigenvalue weighted by atomic mass is 10.0. The van der Waals surface area contributed by atoms with Crippen molar-refractivity contribution in [2.45, 2.75) is 75.3 Å². The molecular formula is C36H44F12I3N5O7. The first-order valence-electron chi connectivity index (χ1n) is 18.2. The number of hydrogen-bond donors (Lipinski definition) is 4. The minimum Gasteiger partial charge on any atom is -0.484 e. The Morgan fingerprint density at radius 1 is 0.683 bits per heavy atom. The van der Waals surface area contributed by atoms with Crippen LogP contribution in [0.15, 0.2) is 36.4 Å². The molecule has 2 aliphatic rings. The summed E-state index contributed by atoms with van der Waals surface area (Å²) in [6.07, 6.45) is -11.8. The van der Waals surface area contributed by atoms with Crippen LogP contribution in [0, 0.1) is 11.3 Å². The number of carbonyl (C=O) groups excluding carboxylic acids is 2. The molecule has 2 aliphatic heterocycles. The van der Waals surface area contributed by atoms with Gasteiger partial charge in [0, 0.05) is 62.4 Å². The molecule has 63 heavy (non-hydrogen) atoms. The largest absolute Gasteiger partial charge is 0.484 e. The molecule has 4 rings (SSSR count). The summed E-state index contributed by atoms with van der Waals surface area (Å²) in [6, 6.07) is 7.48. The Hall–Kier alpha value is -2.70. The predicted molar refractivity (Wildman–Crippen MR) is 231 cm³/mol. The van der Waals surface area contributed by atoms with Crippen LogP contribution in [-0.2, 0) is 4.74 Å². The van der Waals surface area contributed by atoms with Crippen LogP contribution in [0.1, 0.15) is 59.2 Å². The zero-order valence-electron chi connectivity index (χ0n) is 32.8. The van der Waals surface area contributed by atoms with Crippen LogP contribution in [0.25, 0.3) is 0 Å². The van der Waals surface area contributed by atoms with Gasteiger partial charge in [0.15, 0.2) is 33.0 Å². The average Bonchev–Trinajstić information content (AvgIpc) is 3.22. The molecule has 2 unspecified atom stereocenters. The van der Waals surface area contributed by atoms with E-state index in [1.54, 1.807) is 0 Å². The van der Waals surface area contributed by atoms with Gasteiger partial charge in [-0.3, -0.25) is 4.79 Å². The molecule has 5 N–H and O–H groups in total. The minimum atomic E-state index is -4.70. The Balaban J connectivity index is 0.000000996. The smallest absolute Gasteiger partial charge is 0.422 e. The normalized spacial score (nSPS) is 16.3. The number of alkyl halides is 12. The Bertz CT molecular complexity index is 1670. The number of ether oxygens (including phenoxy) is 5. The number of nitrogens with one attached hydrogen (secondary N) is 3. The van der Waals surface area contributed by atoms with E-state index in [0.717, 1.165) is 68.8 Å². The number of benzene rings is 2. The maximum Gasteiger partial charge on any atom is 0.422 e.